The molecule has 1 aliphatic heterocycles. The molecule has 0 aliphatic carbocycles. The highest BCUT2D eigenvalue weighted by Crippen LogP contribution is 2.12. The number of carbonyl (C=O) groups excluding carboxylic acids is 2. The van der Waals surface area contributed by atoms with E-state index >= 15 is 0 Å². The van der Waals surface area contributed by atoms with Crippen LogP contribution in [0.2, 0.25) is 0 Å². The standard InChI is InChI=1S/C17H22N2O4/c1-2-11-22-17(21)19-10-6-9-15(12-19)18-16(20)23-13-14-7-4-3-5-8-14/h2-5,7-8,15H,1,6,9-13H2,(H,18,20). The van der Waals surface area contributed by atoms with Gasteiger partial charge in [0.15, 0.2) is 0 Å². The van der Waals surface area contributed by atoms with Crippen molar-refractivity contribution in [1.82, 2.24) is 10.2 Å². The fourth-order valence-electron chi connectivity index (χ4n) is 2.41. The van der Waals surface area contributed by atoms with E-state index in [1.165, 1.54) is 6.08 Å². The van der Waals surface area contributed by atoms with Gasteiger partial charge in [0, 0.05) is 19.1 Å². The minimum Gasteiger partial charge on any atom is -0.445 e. The summed E-state index contributed by atoms with van der Waals surface area (Å²) in [6, 6.07) is 9.36. The number of piperidine rings is 1. The van der Waals surface area contributed by atoms with Crippen molar-refractivity contribution in [2.45, 2.75) is 25.5 Å². The van der Waals surface area contributed by atoms with E-state index in [0.29, 0.717) is 13.1 Å². The molecule has 6 nitrogen and oxygen atoms in total. The second-order valence-corrected chi connectivity index (χ2v) is 5.36. The van der Waals surface area contributed by atoms with Crippen LogP contribution in [0.4, 0.5) is 9.59 Å². The minimum absolute atomic E-state index is 0.122. The van der Waals surface area contributed by atoms with Gasteiger partial charge in [-0.25, -0.2) is 9.59 Å². The van der Waals surface area contributed by atoms with Gasteiger partial charge in [-0.05, 0) is 18.4 Å². The molecule has 0 aromatic heterocycles. The molecule has 1 aromatic carbocycles. The molecule has 0 saturated carbocycles. The Morgan fingerprint density at radius 3 is 2.83 bits per heavy atom. The van der Waals surface area contributed by atoms with Crippen molar-refractivity contribution in [3.8, 4) is 0 Å². The van der Waals surface area contributed by atoms with E-state index < -0.39 is 6.09 Å². The number of hydrogen-bond acceptors (Lipinski definition) is 4. The number of hydrogen-bond donors (Lipinski definition) is 1. The lowest BCUT2D eigenvalue weighted by Crippen LogP contribution is -2.49. The number of alkyl carbamates (subject to hydrolysis) is 1. The van der Waals surface area contributed by atoms with Crippen LogP contribution in [0.1, 0.15) is 18.4 Å². The number of amides is 2. The zero-order chi connectivity index (χ0) is 16.5. The lowest BCUT2D eigenvalue weighted by molar-refractivity contribution is 0.0924. The zero-order valence-corrected chi connectivity index (χ0v) is 13.1. The first-order valence-electron chi connectivity index (χ1n) is 7.69. The molecule has 2 rings (SSSR count). The van der Waals surface area contributed by atoms with E-state index in [1.807, 2.05) is 30.3 Å². The molecule has 1 aliphatic rings. The fraction of sp³-hybridized carbons (Fsp3) is 0.412. The summed E-state index contributed by atoms with van der Waals surface area (Å²) in [5, 5.41) is 2.80. The van der Waals surface area contributed by atoms with Crippen molar-refractivity contribution in [1.29, 1.82) is 0 Å². The number of likely N-dealkylation sites (tertiary alicyclic amines) is 1. The highest BCUT2D eigenvalue weighted by Gasteiger charge is 2.25. The van der Waals surface area contributed by atoms with Crippen LogP contribution in [0.15, 0.2) is 43.0 Å². The molecule has 0 radical (unpaired) electrons. The van der Waals surface area contributed by atoms with E-state index in [0.717, 1.165) is 18.4 Å². The van der Waals surface area contributed by atoms with Gasteiger partial charge < -0.3 is 19.7 Å². The van der Waals surface area contributed by atoms with Gasteiger partial charge in [-0.3, -0.25) is 0 Å². The topological polar surface area (TPSA) is 67.9 Å². The summed E-state index contributed by atoms with van der Waals surface area (Å²) in [6.45, 7) is 4.98. The number of ether oxygens (including phenoxy) is 2. The molecular formula is C17H22N2O4. The molecule has 6 heteroatoms. The summed E-state index contributed by atoms with van der Waals surface area (Å²) in [5.74, 6) is 0. The van der Waals surface area contributed by atoms with Gasteiger partial charge in [-0.1, -0.05) is 43.0 Å². The second kappa shape index (κ2) is 8.82. The zero-order valence-electron chi connectivity index (χ0n) is 13.1. The molecule has 2 amide bonds. The molecule has 1 fully saturated rings. The van der Waals surface area contributed by atoms with E-state index in [-0.39, 0.29) is 25.3 Å². The van der Waals surface area contributed by atoms with Crippen LogP contribution in [0.5, 0.6) is 0 Å². The Bertz CT molecular complexity index is 533. The van der Waals surface area contributed by atoms with Crippen LogP contribution in [-0.4, -0.2) is 42.8 Å². The summed E-state index contributed by atoms with van der Waals surface area (Å²) in [7, 11) is 0. The number of benzene rings is 1. The van der Waals surface area contributed by atoms with Gasteiger partial charge in [0.1, 0.15) is 13.2 Å². The number of nitrogens with one attached hydrogen (secondary N) is 1. The Kier molecular flexibility index (Phi) is 6.47. The Balaban J connectivity index is 1.74. The maximum Gasteiger partial charge on any atom is 0.410 e. The summed E-state index contributed by atoms with van der Waals surface area (Å²) in [5.41, 5.74) is 0.931. The third-order valence-corrected chi connectivity index (χ3v) is 3.54. The maximum absolute atomic E-state index is 11.9. The van der Waals surface area contributed by atoms with Crippen molar-refractivity contribution < 1.29 is 19.1 Å². The van der Waals surface area contributed by atoms with Crippen LogP contribution in [0, 0.1) is 0 Å². The quantitative estimate of drug-likeness (QED) is 0.848. The van der Waals surface area contributed by atoms with Crippen LogP contribution in [-0.2, 0) is 16.1 Å². The van der Waals surface area contributed by atoms with Crippen molar-refractivity contribution in [3.63, 3.8) is 0 Å². The molecular weight excluding hydrogens is 296 g/mol. The van der Waals surface area contributed by atoms with E-state index in [2.05, 4.69) is 11.9 Å². The highest BCUT2D eigenvalue weighted by atomic mass is 16.6. The summed E-state index contributed by atoms with van der Waals surface area (Å²) in [4.78, 5) is 25.3. The smallest absolute Gasteiger partial charge is 0.410 e. The van der Waals surface area contributed by atoms with Gasteiger partial charge in [0.25, 0.3) is 0 Å². The average molecular weight is 318 g/mol. The van der Waals surface area contributed by atoms with Crippen molar-refractivity contribution in [3.05, 3.63) is 48.6 Å². The largest absolute Gasteiger partial charge is 0.445 e. The Hall–Kier alpha value is -2.50. The van der Waals surface area contributed by atoms with Crippen LogP contribution in [0.25, 0.3) is 0 Å². The molecule has 0 spiro atoms. The molecule has 1 saturated heterocycles. The molecule has 23 heavy (non-hydrogen) atoms. The monoisotopic (exact) mass is 318 g/mol. The average Bonchev–Trinajstić information content (AvgIpc) is 2.59. The summed E-state index contributed by atoms with van der Waals surface area (Å²) >= 11 is 0. The lowest BCUT2D eigenvalue weighted by Gasteiger charge is -2.32. The molecule has 0 bridgehead atoms. The predicted molar refractivity (Wildman–Crippen MR) is 85.9 cm³/mol. The summed E-state index contributed by atoms with van der Waals surface area (Å²) < 4.78 is 10.2. The first kappa shape index (κ1) is 16.9. The number of nitrogens with zero attached hydrogens (tertiary/aromatic N) is 1. The Labute approximate surface area is 136 Å². The molecule has 124 valence electrons. The van der Waals surface area contributed by atoms with E-state index in [9.17, 15) is 9.59 Å². The first-order valence-corrected chi connectivity index (χ1v) is 7.69. The lowest BCUT2D eigenvalue weighted by atomic mass is 10.1. The van der Waals surface area contributed by atoms with Crippen LogP contribution in [0.3, 0.4) is 0 Å². The SMILES string of the molecule is C=CCOC(=O)N1CCCC(NC(=O)OCc2ccccc2)C1. The number of carbonyl (C=O) groups is 2. The molecule has 1 heterocycles. The van der Waals surface area contributed by atoms with Gasteiger partial charge in [-0.15, -0.1) is 0 Å². The molecule has 1 unspecified atom stereocenters. The van der Waals surface area contributed by atoms with E-state index in [1.54, 1.807) is 4.90 Å². The molecule has 1 aromatic rings. The van der Waals surface area contributed by atoms with Crippen molar-refractivity contribution in [2.75, 3.05) is 19.7 Å². The maximum atomic E-state index is 11.9. The fourth-order valence-corrected chi connectivity index (χ4v) is 2.41. The molecule has 1 atom stereocenters. The normalized spacial score (nSPS) is 17.2. The second-order valence-electron chi connectivity index (χ2n) is 5.36. The molecule has 1 N–H and O–H groups in total. The van der Waals surface area contributed by atoms with Crippen molar-refractivity contribution >= 4 is 12.2 Å². The highest BCUT2D eigenvalue weighted by molar-refractivity contribution is 5.69. The third-order valence-electron chi connectivity index (χ3n) is 3.54. The Morgan fingerprint density at radius 2 is 2.09 bits per heavy atom. The summed E-state index contributed by atoms with van der Waals surface area (Å²) in [6.07, 6.45) is 2.30. The minimum atomic E-state index is -0.472. The van der Waals surface area contributed by atoms with Gasteiger partial charge in [0.05, 0.1) is 0 Å². The van der Waals surface area contributed by atoms with Crippen LogP contribution < -0.4 is 5.32 Å². The van der Waals surface area contributed by atoms with E-state index in [4.69, 9.17) is 9.47 Å². The van der Waals surface area contributed by atoms with Crippen LogP contribution >= 0.6 is 0 Å². The third kappa shape index (κ3) is 5.65. The first-order chi connectivity index (χ1) is 11.2. The van der Waals surface area contributed by atoms with Crippen molar-refractivity contribution in [2.24, 2.45) is 0 Å². The predicted octanol–water partition coefficient (Wildman–Crippen LogP) is 2.70. The van der Waals surface area contributed by atoms with Gasteiger partial charge >= 0.3 is 12.2 Å². The Morgan fingerprint density at radius 1 is 1.30 bits per heavy atom. The number of rotatable bonds is 5. The van der Waals surface area contributed by atoms with Gasteiger partial charge in [-0.2, -0.15) is 0 Å². The van der Waals surface area contributed by atoms with Gasteiger partial charge in [0.2, 0.25) is 0 Å².